The molecular weight excluding hydrogens is 1850 g/mol. The lowest BCUT2D eigenvalue weighted by Crippen LogP contribution is -2.60. The van der Waals surface area contributed by atoms with Gasteiger partial charge in [-0.1, -0.05) is 50.3 Å². The van der Waals surface area contributed by atoms with Crippen LogP contribution in [0.1, 0.15) is 148 Å². The van der Waals surface area contributed by atoms with Crippen LogP contribution >= 0.6 is 0 Å². The number of hydroxylamine groups is 6. The summed E-state index contributed by atoms with van der Waals surface area (Å²) in [5.74, 6) is -92.2. The van der Waals surface area contributed by atoms with E-state index < -0.39 is 314 Å². The van der Waals surface area contributed by atoms with Crippen molar-refractivity contribution >= 4 is 59.1 Å². The Labute approximate surface area is 673 Å². The molecule has 2 atom stereocenters. The van der Waals surface area contributed by atoms with Crippen LogP contribution in [0, 0.1) is 32.1 Å². The lowest BCUT2D eigenvalue weighted by molar-refractivity contribution is -0.396. The number of hydrogen-bond acceptors (Lipinski definition) is 21. The number of nitrogens with zero attached hydrogens (tertiary/aromatic N) is 5. The smallest absolute Gasteiger partial charge is 0.490 e. The summed E-state index contributed by atoms with van der Waals surface area (Å²) in [5, 5.41) is 34.4. The molecule has 3 aliphatic rings. The Morgan fingerprint density at radius 2 is 0.560 bits per heavy atom. The van der Waals surface area contributed by atoms with Gasteiger partial charge in [0.25, 0.3) is 46.8 Å². The van der Waals surface area contributed by atoms with Crippen LogP contribution < -0.4 is 18.9 Å². The third-order valence-corrected chi connectivity index (χ3v) is 16.6. The summed E-state index contributed by atoms with van der Waals surface area (Å²) in [6.07, 6.45) is -52.5. The van der Waals surface area contributed by atoms with Crippen LogP contribution in [-0.4, -0.2) is 200 Å². The van der Waals surface area contributed by atoms with Gasteiger partial charge in [-0.15, -0.1) is 0 Å². The highest BCUT2D eigenvalue weighted by Gasteiger charge is 2.85. The Kier molecular flexibility index (Phi) is 35.3. The second-order valence-corrected chi connectivity index (χ2v) is 26.4. The minimum atomic E-state index is -7.27. The maximum Gasteiger partial charge on any atom is 0.560 e. The SMILES string of the molecule is C.CC(C)C(O)c1cc(OCCCC(F)(F)C(F)(F)C(F)(F)C(F)(F)F)c(OCCCC(F)(F)C(F)(F)C(F)(F)C(F)(F)F)cc1[N+](=O)[O-].CC(C)C(OC(=O)ON1C(=O)CCC1=O)c1cc(OCCCC(F)(F)C(F)(F)C(F)(F)C(F)(F)F)c(OCCCC(F)(F)C(F)(F)C(F)(F)C(F)(F)F)cc1[N+](=O)[O-].O=C(ON1C(=O)CCC1=O)ON1C(=O)CCC1=O. The van der Waals surface area contributed by atoms with E-state index in [0.717, 1.165) is 0 Å². The molecule has 3 saturated heterocycles. The first kappa shape index (κ1) is 111. The number of carbonyl (C=O) groups is 8. The Morgan fingerprint density at radius 1 is 0.352 bits per heavy atom. The standard InChI is InChI=1S/C29H26F18N2O9.C24H23F18NO5.C9H8N2O7.CH4/c1-13(2)20(57-21(52)58-48-18(50)5-6-19(48)51)14-11-16(55-9-3-7-22(30,31)24(34,35)26(38,39)28(42,43)44)17(12-15(14)49(53)54)56-10-4-8-23(32,33)25(36,37)27(40,41)29(45,46)47;1-11(2)16(44)12-9-14(47-7-3-5-17(25,26)19(29,30)21(33,34)23(37,38)39)15(10-13(12)43(45)46)48-8-4-6-18(27,28)20(31,32)22(35,36)24(40,41)42;12-5-1-2-6(13)10(5)17-9(16)18-11-7(14)3-4-8(11)15;/h11-13,20H,3-10H2,1-2H3;9-11,16,44H,3-8H2,1-2H3;1-4H2;1H4. The monoisotopic (exact) mass is 1910 g/mol. The lowest BCUT2D eigenvalue weighted by Gasteiger charge is -2.33. The normalized spacial score (nSPS) is 16.0. The summed E-state index contributed by atoms with van der Waals surface area (Å²) in [7, 11) is 0. The zero-order chi connectivity index (χ0) is 96.6. The molecule has 3 fully saturated rings. The van der Waals surface area contributed by atoms with E-state index >= 15 is 0 Å². The molecule has 0 saturated carbocycles. The molecule has 1 N–H and O–H groups in total. The van der Waals surface area contributed by atoms with E-state index in [1.807, 2.05) is 0 Å². The number of hydrogen-bond donors (Lipinski definition) is 1. The first-order valence-electron chi connectivity index (χ1n) is 33.7. The zero-order valence-electron chi connectivity index (χ0n) is 61.8. The van der Waals surface area contributed by atoms with Crippen molar-refractivity contribution in [2.75, 3.05) is 26.4 Å². The molecule has 125 heavy (non-hydrogen) atoms. The number of carbonyl (C=O) groups excluding carboxylic acids is 8. The second kappa shape index (κ2) is 39.8. The summed E-state index contributed by atoms with van der Waals surface area (Å²) >= 11 is 0. The Morgan fingerprint density at radius 3 is 0.768 bits per heavy atom. The summed E-state index contributed by atoms with van der Waals surface area (Å²) in [4.78, 5) is 126. The summed E-state index contributed by atoms with van der Waals surface area (Å²) in [6, 6.07) is 1.57. The van der Waals surface area contributed by atoms with Gasteiger partial charge in [-0.3, -0.25) is 63.5 Å². The number of imide groups is 3. The van der Waals surface area contributed by atoms with Gasteiger partial charge in [-0.25, -0.2) is 4.79 Å². The minimum absolute atomic E-state index is 0. The molecular formula is C63H61F36N5O21. The molecule has 62 heteroatoms. The molecule has 2 unspecified atom stereocenters. The van der Waals surface area contributed by atoms with Crippen molar-refractivity contribution in [2.45, 2.75) is 233 Å². The van der Waals surface area contributed by atoms with E-state index in [2.05, 4.69) is 14.5 Å². The van der Waals surface area contributed by atoms with Gasteiger partial charge in [0.05, 0.1) is 65.6 Å². The number of aliphatic hydroxyl groups excluding tert-OH is 1. The van der Waals surface area contributed by atoms with Gasteiger partial charge in [-0.05, 0) is 49.7 Å². The average Bonchev–Trinajstić information content (AvgIpc) is 1.25. The molecule has 26 nitrogen and oxygen atoms in total. The number of nitro groups is 2. The number of ether oxygens (including phenoxy) is 5. The van der Waals surface area contributed by atoms with Crippen molar-refractivity contribution in [2.24, 2.45) is 11.8 Å². The van der Waals surface area contributed by atoms with Gasteiger partial charge < -0.3 is 28.8 Å². The maximum atomic E-state index is 14.1. The highest BCUT2D eigenvalue weighted by atomic mass is 19.5. The van der Waals surface area contributed by atoms with Crippen molar-refractivity contribution in [1.82, 2.24) is 15.2 Å². The van der Waals surface area contributed by atoms with Gasteiger partial charge >= 0.3 is 108 Å². The fourth-order valence-corrected chi connectivity index (χ4v) is 9.78. The largest absolute Gasteiger partial charge is 0.560 e. The van der Waals surface area contributed by atoms with Crippen LogP contribution in [0.5, 0.6) is 23.0 Å². The zero-order valence-corrected chi connectivity index (χ0v) is 61.8. The molecule has 6 amide bonds. The molecule has 0 aliphatic carbocycles. The molecule has 2 aromatic rings. The maximum absolute atomic E-state index is 14.1. The predicted molar refractivity (Wildman–Crippen MR) is 331 cm³/mol. The van der Waals surface area contributed by atoms with Crippen molar-refractivity contribution in [3.05, 3.63) is 55.6 Å². The number of halogens is 36. The number of nitro benzene ring substituents is 2. The molecule has 0 spiro atoms. The first-order valence-corrected chi connectivity index (χ1v) is 33.7. The summed E-state index contributed by atoms with van der Waals surface area (Å²) < 4.78 is 498. The summed E-state index contributed by atoms with van der Waals surface area (Å²) in [5.41, 5.74) is -3.72. The summed E-state index contributed by atoms with van der Waals surface area (Å²) in [6.45, 7) is -0.520. The van der Waals surface area contributed by atoms with E-state index in [-0.39, 0.29) is 54.4 Å². The van der Waals surface area contributed by atoms with Gasteiger partial charge in [0.1, 0.15) is 6.10 Å². The molecule has 716 valence electrons. The van der Waals surface area contributed by atoms with Crippen molar-refractivity contribution in [1.29, 1.82) is 0 Å². The van der Waals surface area contributed by atoms with E-state index in [9.17, 15) is 222 Å². The number of rotatable bonds is 38. The van der Waals surface area contributed by atoms with E-state index in [1.54, 1.807) is 0 Å². The molecule has 5 rings (SSSR count). The van der Waals surface area contributed by atoms with Gasteiger partial charge in [0, 0.05) is 64.2 Å². The molecule has 3 aliphatic heterocycles. The van der Waals surface area contributed by atoms with Crippen LogP contribution in [0.25, 0.3) is 0 Å². The topological polar surface area (TPSA) is 327 Å². The average molecular weight is 1910 g/mol. The van der Waals surface area contributed by atoms with Crippen LogP contribution in [-0.2, 0) is 48.0 Å². The molecule has 0 radical (unpaired) electrons. The molecule has 0 aromatic heterocycles. The van der Waals surface area contributed by atoms with E-state index in [1.165, 1.54) is 27.7 Å². The second-order valence-electron chi connectivity index (χ2n) is 26.4. The lowest BCUT2D eigenvalue weighted by atomic mass is 9.96. The highest BCUT2D eigenvalue weighted by Crippen LogP contribution is 2.59. The van der Waals surface area contributed by atoms with E-state index in [4.69, 9.17) is 23.7 Å². The number of alkyl halides is 36. The number of amides is 6. The van der Waals surface area contributed by atoms with Crippen LogP contribution in [0.2, 0.25) is 0 Å². The van der Waals surface area contributed by atoms with Gasteiger partial charge in [0.15, 0.2) is 23.0 Å². The van der Waals surface area contributed by atoms with Crippen LogP contribution in [0.3, 0.4) is 0 Å². The third kappa shape index (κ3) is 24.5. The predicted octanol–water partition coefficient (Wildman–Crippen LogP) is 19.2. The van der Waals surface area contributed by atoms with Gasteiger partial charge in [0.2, 0.25) is 0 Å². The van der Waals surface area contributed by atoms with Crippen molar-refractivity contribution < 1.29 is 250 Å². The van der Waals surface area contributed by atoms with Crippen LogP contribution in [0.4, 0.5) is 179 Å². The fraction of sp³-hybridized carbons (Fsp3) is 0.683. The Bertz CT molecular complexity index is 4090. The van der Waals surface area contributed by atoms with Crippen molar-refractivity contribution in [3.8, 4) is 23.0 Å². The minimum Gasteiger partial charge on any atom is -0.490 e. The number of benzene rings is 2. The highest BCUT2D eigenvalue weighted by molar-refractivity contribution is 6.03. The third-order valence-electron chi connectivity index (χ3n) is 16.6. The Hall–Kier alpha value is -10.2. The number of aliphatic hydroxyl groups is 1. The van der Waals surface area contributed by atoms with Crippen LogP contribution in [0.15, 0.2) is 24.3 Å². The first-order chi connectivity index (χ1) is 55.7. The molecule has 2 aromatic carbocycles. The van der Waals surface area contributed by atoms with E-state index in [0.29, 0.717) is 18.2 Å². The fourth-order valence-electron chi connectivity index (χ4n) is 9.78. The Balaban J connectivity index is 0.000000706. The quantitative estimate of drug-likeness (QED) is 0.0163. The molecule has 0 bridgehead atoms. The van der Waals surface area contributed by atoms with Gasteiger partial charge in [-0.2, -0.15) is 163 Å². The molecule has 3 heterocycles. The van der Waals surface area contributed by atoms with Crippen molar-refractivity contribution in [3.63, 3.8) is 0 Å².